The smallest absolute Gasteiger partial charge is 0.122 e. The molecule has 0 aliphatic carbocycles. The fourth-order valence-electron chi connectivity index (χ4n) is 2.38. The second kappa shape index (κ2) is 6.78. The third-order valence-electron chi connectivity index (χ3n) is 3.47. The Morgan fingerprint density at radius 3 is 2.50 bits per heavy atom. The van der Waals surface area contributed by atoms with Gasteiger partial charge in [-0.3, -0.25) is 0 Å². The van der Waals surface area contributed by atoms with Gasteiger partial charge in [0, 0.05) is 11.1 Å². The maximum atomic E-state index is 6.28. The Hall–Kier alpha value is -1.51. The van der Waals surface area contributed by atoms with Gasteiger partial charge in [-0.25, -0.2) is 0 Å². The number of benzene rings is 2. The molecule has 2 aromatic carbocycles. The number of methoxy groups -OCH3 is 1. The molecule has 2 nitrogen and oxygen atoms in total. The molecular formula is C17H20ClNO. The summed E-state index contributed by atoms with van der Waals surface area (Å²) >= 11 is 6.05. The van der Waals surface area contributed by atoms with Gasteiger partial charge in [-0.1, -0.05) is 35.9 Å². The van der Waals surface area contributed by atoms with Crippen LogP contribution in [0.4, 0.5) is 0 Å². The van der Waals surface area contributed by atoms with Crippen molar-refractivity contribution in [1.29, 1.82) is 0 Å². The number of hydrogen-bond donors (Lipinski definition) is 1. The lowest BCUT2D eigenvalue weighted by Crippen LogP contribution is -2.26. The number of nitrogens with two attached hydrogens (primary N) is 1. The first-order chi connectivity index (χ1) is 9.60. The lowest BCUT2D eigenvalue weighted by Gasteiger charge is -2.16. The minimum atomic E-state index is 0.0449. The van der Waals surface area contributed by atoms with Gasteiger partial charge >= 0.3 is 0 Å². The number of aryl methyl sites for hydroxylation is 1. The molecule has 1 atom stereocenters. The average Bonchev–Trinajstić information content (AvgIpc) is 2.41. The highest BCUT2D eigenvalue weighted by Gasteiger charge is 2.11. The first kappa shape index (κ1) is 14.9. The molecule has 0 fully saturated rings. The molecule has 0 saturated carbocycles. The summed E-state index contributed by atoms with van der Waals surface area (Å²) in [6.45, 7) is 2.11. The van der Waals surface area contributed by atoms with E-state index >= 15 is 0 Å². The van der Waals surface area contributed by atoms with Gasteiger partial charge < -0.3 is 10.5 Å². The van der Waals surface area contributed by atoms with Crippen molar-refractivity contribution in [2.45, 2.75) is 25.8 Å². The molecule has 0 saturated heterocycles. The molecule has 0 radical (unpaired) electrons. The molecule has 0 amide bonds. The summed E-state index contributed by atoms with van der Waals surface area (Å²) in [7, 11) is 1.67. The Balaban J connectivity index is 2.10. The van der Waals surface area contributed by atoms with E-state index in [0.717, 1.165) is 24.2 Å². The molecule has 2 rings (SSSR count). The van der Waals surface area contributed by atoms with E-state index in [1.165, 1.54) is 11.1 Å². The minimum absolute atomic E-state index is 0.0449. The Labute approximate surface area is 125 Å². The maximum Gasteiger partial charge on any atom is 0.122 e. The summed E-state index contributed by atoms with van der Waals surface area (Å²) < 4.78 is 5.36. The van der Waals surface area contributed by atoms with Crippen LogP contribution in [0, 0.1) is 6.92 Å². The summed E-state index contributed by atoms with van der Waals surface area (Å²) in [5.74, 6) is 0.842. The third-order valence-corrected chi connectivity index (χ3v) is 3.70. The maximum absolute atomic E-state index is 6.28. The van der Waals surface area contributed by atoms with E-state index in [1.807, 2.05) is 24.3 Å². The molecule has 106 valence electrons. The molecule has 0 heterocycles. The molecule has 2 N–H and O–H groups in total. The van der Waals surface area contributed by atoms with Crippen LogP contribution in [0.25, 0.3) is 0 Å². The zero-order valence-electron chi connectivity index (χ0n) is 11.9. The van der Waals surface area contributed by atoms with Crippen LogP contribution in [0.1, 0.15) is 16.7 Å². The molecule has 3 heteroatoms. The van der Waals surface area contributed by atoms with Gasteiger partial charge in [0.2, 0.25) is 0 Å². The van der Waals surface area contributed by atoms with Crippen molar-refractivity contribution < 1.29 is 4.74 Å². The van der Waals surface area contributed by atoms with Crippen molar-refractivity contribution in [3.8, 4) is 5.75 Å². The Morgan fingerprint density at radius 2 is 1.80 bits per heavy atom. The van der Waals surface area contributed by atoms with Crippen LogP contribution in [0.5, 0.6) is 5.75 Å². The van der Waals surface area contributed by atoms with Crippen LogP contribution in [0.2, 0.25) is 5.02 Å². The van der Waals surface area contributed by atoms with Gasteiger partial charge in [-0.2, -0.15) is 0 Å². The van der Waals surface area contributed by atoms with Crippen molar-refractivity contribution in [2.75, 3.05) is 7.11 Å². The predicted molar refractivity (Wildman–Crippen MR) is 84.6 cm³/mol. The number of hydrogen-bond acceptors (Lipinski definition) is 2. The molecule has 0 aliphatic rings. The van der Waals surface area contributed by atoms with Crippen molar-refractivity contribution in [3.63, 3.8) is 0 Å². The van der Waals surface area contributed by atoms with E-state index in [2.05, 4.69) is 25.1 Å². The molecule has 1 unspecified atom stereocenters. The van der Waals surface area contributed by atoms with Crippen LogP contribution in [-0.2, 0) is 12.8 Å². The van der Waals surface area contributed by atoms with E-state index < -0.39 is 0 Å². The number of ether oxygens (including phenoxy) is 1. The van der Waals surface area contributed by atoms with Crippen LogP contribution in [0.3, 0.4) is 0 Å². The largest absolute Gasteiger partial charge is 0.496 e. The fraction of sp³-hybridized carbons (Fsp3) is 0.294. The molecule has 2 aromatic rings. The summed E-state index contributed by atoms with van der Waals surface area (Å²) in [4.78, 5) is 0. The van der Waals surface area contributed by atoms with Crippen molar-refractivity contribution in [1.82, 2.24) is 0 Å². The van der Waals surface area contributed by atoms with Gasteiger partial charge in [0.1, 0.15) is 5.75 Å². The lowest BCUT2D eigenvalue weighted by atomic mass is 9.96. The Morgan fingerprint density at radius 1 is 1.10 bits per heavy atom. The van der Waals surface area contributed by atoms with Gasteiger partial charge in [0.15, 0.2) is 0 Å². The zero-order chi connectivity index (χ0) is 14.5. The monoisotopic (exact) mass is 289 g/mol. The SMILES string of the molecule is COc1ccc(Cl)cc1CC(N)Cc1ccccc1C. The van der Waals surface area contributed by atoms with Crippen LogP contribution >= 0.6 is 11.6 Å². The van der Waals surface area contributed by atoms with Crippen LogP contribution < -0.4 is 10.5 Å². The molecule has 0 aromatic heterocycles. The predicted octanol–water partition coefficient (Wildman–Crippen LogP) is 3.77. The van der Waals surface area contributed by atoms with E-state index in [4.69, 9.17) is 22.1 Å². The minimum Gasteiger partial charge on any atom is -0.496 e. The first-order valence-electron chi connectivity index (χ1n) is 6.72. The highest BCUT2D eigenvalue weighted by molar-refractivity contribution is 6.30. The molecular weight excluding hydrogens is 270 g/mol. The van der Waals surface area contributed by atoms with Gasteiger partial charge in [-0.05, 0) is 54.7 Å². The second-order valence-corrected chi connectivity index (χ2v) is 5.49. The molecule has 20 heavy (non-hydrogen) atoms. The van der Waals surface area contributed by atoms with Gasteiger partial charge in [0.25, 0.3) is 0 Å². The lowest BCUT2D eigenvalue weighted by molar-refractivity contribution is 0.408. The van der Waals surface area contributed by atoms with E-state index in [9.17, 15) is 0 Å². The van der Waals surface area contributed by atoms with Gasteiger partial charge in [-0.15, -0.1) is 0 Å². The van der Waals surface area contributed by atoms with E-state index in [-0.39, 0.29) is 6.04 Å². The van der Waals surface area contributed by atoms with E-state index in [1.54, 1.807) is 7.11 Å². The molecule has 0 bridgehead atoms. The zero-order valence-corrected chi connectivity index (χ0v) is 12.7. The third kappa shape index (κ3) is 3.75. The van der Waals surface area contributed by atoms with Crippen molar-refractivity contribution in [3.05, 3.63) is 64.2 Å². The average molecular weight is 290 g/mol. The normalized spacial score (nSPS) is 12.2. The summed E-state index contributed by atoms with van der Waals surface area (Å²) in [6, 6.07) is 14.0. The Bertz CT molecular complexity index is 583. The highest BCUT2D eigenvalue weighted by atomic mass is 35.5. The fourth-order valence-corrected chi connectivity index (χ4v) is 2.58. The summed E-state index contributed by atoms with van der Waals surface area (Å²) in [5.41, 5.74) is 9.91. The number of rotatable bonds is 5. The highest BCUT2D eigenvalue weighted by Crippen LogP contribution is 2.24. The second-order valence-electron chi connectivity index (χ2n) is 5.05. The van der Waals surface area contributed by atoms with Gasteiger partial charge in [0.05, 0.1) is 7.11 Å². The quantitative estimate of drug-likeness (QED) is 0.909. The first-order valence-corrected chi connectivity index (χ1v) is 7.10. The van der Waals surface area contributed by atoms with Crippen molar-refractivity contribution >= 4 is 11.6 Å². The van der Waals surface area contributed by atoms with Crippen LogP contribution in [-0.4, -0.2) is 13.2 Å². The van der Waals surface area contributed by atoms with E-state index in [0.29, 0.717) is 5.02 Å². The topological polar surface area (TPSA) is 35.2 Å². The summed E-state index contributed by atoms with van der Waals surface area (Å²) in [5, 5.41) is 0.712. The molecule has 0 spiro atoms. The summed E-state index contributed by atoms with van der Waals surface area (Å²) in [6.07, 6.45) is 1.60. The number of halogens is 1. The van der Waals surface area contributed by atoms with Crippen LogP contribution in [0.15, 0.2) is 42.5 Å². The molecule has 0 aliphatic heterocycles. The van der Waals surface area contributed by atoms with Crippen molar-refractivity contribution in [2.24, 2.45) is 5.73 Å². The Kier molecular flexibility index (Phi) is 5.05. The standard InChI is InChI=1S/C17H20ClNO/c1-12-5-3-4-6-13(12)10-16(19)11-14-9-15(18)7-8-17(14)20-2/h3-9,16H,10-11,19H2,1-2H3.